The Bertz CT molecular complexity index is 732. The summed E-state index contributed by atoms with van der Waals surface area (Å²) >= 11 is 0. The molecule has 0 N–H and O–H groups in total. The molecule has 0 saturated heterocycles. The topological polar surface area (TPSA) is 9.23 Å². The van der Waals surface area contributed by atoms with Crippen LogP contribution in [0, 0.1) is 35.4 Å². The van der Waals surface area contributed by atoms with Gasteiger partial charge in [0.15, 0.2) is 0 Å². The average molecular weight is 425 g/mol. The first kappa shape index (κ1) is 22.6. The Kier molecular flexibility index (Phi) is 7.91. The van der Waals surface area contributed by atoms with Crippen LogP contribution in [0.3, 0.4) is 0 Å². The van der Waals surface area contributed by atoms with Crippen molar-refractivity contribution < 1.29 is 9.13 Å². The summed E-state index contributed by atoms with van der Waals surface area (Å²) in [5.41, 5.74) is 0.894. The lowest BCUT2D eigenvalue weighted by Crippen LogP contribution is -2.34. The zero-order valence-electron chi connectivity index (χ0n) is 19.2. The molecular weight excluding hydrogens is 383 g/mol. The Labute approximate surface area is 189 Å². The number of fused-ring (bicyclic) bond motifs is 1. The molecule has 4 rings (SSSR count). The maximum absolute atomic E-state index is 14.7. The van der Waals surface area contributed by atoms with Crippen molar-refractivity contribution in [1.82, 2.24) is 0 Å². The van der Waals surface area contributed by atoms with E-state index in [0.29, 0.717) is 18.3 Å². The van der Waals surface area contributed by atoms with Gasteiger partial charge in [0.05, 0.1) is 0 Å². The van der Waals surface area contributed by atoms with Gasteiger partial charge in [0.25, 0.3) is 0 Å². The zero-order chi connectivity index (χ0) is 21.6. The first-order chi connectivity index (χ1) is 15.2. The molecule has 3 aliphatic carbocycles. The average Bonchev–Trinajstić information content (AvgIpc) is 2.81. The predicted molar refractivity (Wildman–Crippen MR) is 128 cm³/mol. The first-order valence-corrected chi connectivity index (χ1v) is 12.8. The standard InChI is InChI=1S/C29H41FO/c1-3-5-6-21-7-8-26-19-25(14-13-24(26)18-21)22-9-11-23(12-10-22)28-16-15-27(20-29(28)30)31-17-4-2/h3-4,15-16,20-26H,1-2,5-14,17-19H2. The van der Waals surface area contributed by atoms with Gasteiger partial charge < -0.3 is 4.74 Å². The molecule has 1 aromatic rings. The minimum Gasteiger partial charge on any atom is -0.489 e. The number of allylic oxidation sites excluding steroid dienone is 1. The van der Waals surface area contributed by atoms with E-state index in [1.165, 1.54) is 64.2 Å². The normalized spacial score (nSPS) is 33.3. The zero-order valence-corrected chi connectivity index (χ0v) is 19.2. The largest absolute Gasteiger partial charge is 0.489 e. The van der Waals surface area contributed by atoms with E-state index in [2.05, 4.69) is 19.2 Å². The Morgan fingerprint density at radius 2 is 1.52 bits per heavy atom. The molecule has 0 radical (unpaired) electrons. The molecule has 170 valence electrons. The van der Waals surface area contributed by atoms with Crippen LogP contribution in [0.5, 0.6) is 5.75 Å². The van der Waals surface area contributed by atoms with Crippen molar-refractivity contribution in [3.8, 4) is 5.75 Å². The van der Waals surface area contributed by atoms with E-state index in [1.807, 2.05) is 12.1 Å². The highest BCUT2D eigenvalue weighted by Crippen LogP contribution is 2.50. The maximum Gasteiger partial charge on any atom is 0.130 e. The van der Waals surface area contributed by atoms with Gasteiger partial charge in [-0.1, -0.05) is 31.2 Å². The number of halogens is 1. The summed E-state index contributed by atoms with van der Waals surface area (Å²) in [7, 11) is 0. The Hall–Kier alpha value is -1.57. The van der Waals surface area contributed by atoms with Crippen LogP contribution in [-0.4, -0.2) is 6.61 Å². The molecule has 0 heterocycles. The van der Waals surface area contributed by atoms with Crippen molar-refractivity contribution in [2.75, 3.05) is 6.61 Å². The molecule has 0 aromatic heterocycles. The molecule has 3 saturated carbocycles. The van der Waals surface area contributed by atoms with Crippen molar-refractivity contribution in [2.45, 2.75) is 83.0 Å². The molecule has 3 fully saturated rings. The van der Waals surface area contributed by atoms with Crippen LogP contribution < -0.4 is 4.74 Å². The number of benzene rings is 1. The summed E-state index contributed by atoms with van der Waals surface area (Å²) in [5.74, 6) is 5.60. The summed E-state index contributed by atoms with van der Waals surface area (Å²) in [6.45, 7) is 7.97. The van der Waals surface area contributed by atoms with Crippen LogP contribution >= 0.6 is 0 Å². The molecule has 0 spiro atoms. The third-order valence-corrected chi connectivity index (χ3v) is 8.76. The Morgan fingerprint density at radius 1 is 0.839 bits per heavy atom. The fraction of sp³-hybridized carbons (Fsp3) is 0.655. The second-order valence-corrected chi connectivity index (χ2v) is 10.5. The van der Waals surface area contributed by atoms with E-state index in [-0.39, 0.29) is 5.82 Å². The summed E-state index contributed by atoms with van der Waals surface area (Å²) in [5, 5.41) is 0. The number of ether oxygens (including phenoxy) is 1. The fourth-order valence-electron chi connectivity index (χ4n) is 7.05. The fourth-order valence-corrected chi connectivity index (χ4v) is 7.05. The SMILES string of the molecule is C=CCCC1CCC2CC(C3CCC(c4ccc(OCC=C)cc4F)CC3)CCC2C1. The lowest BCUT2D eigenvalue weighted by Gasteiger charge is -2.45. The van der Waals surface area contributed by atoms with Crippen LogP contribution in [0.15, 0.2) is 43.5 Å². The van der Waals surface area contributed by atoms with Gasteiger partial charge in [-0.05, 0) is 118 Å². The molecular formula is C29H41FO. The second-order valence-electron chi connectivity index (χ2n) is 10.5. The van der Waals surface area contributed by atoms with Gasteiger partial charge in [0.1, 0.15) is 18.2 Å². The third kappa shape index (κ3) is 5.62. The Balaban J connectivity index is 1.26. The lowest BCUT2D eigenvalue weighted by molar-refractivity contribution is 0.0620. The molecule has 31 heavy (non-hydrogen) atoms. The maximum atomic E-state index is 14.7. The minimum absolute atomic E-state index is 0.0984. The van der Waals surface area contributed by atoms with Crippen molar-refractivity contribution in [2.24, 2.45) is 29.6 Å². The Morgan fingerprint density at radius 3 is 2.23 bits per heavy atom. The third-order valence-electron chi connectivity index (χ3n) is 8.76. The number of hydrogen-bond donors (Lipinski definition) is 0. The van der Waals surface area contributed by atoms with Gasteiger partial charge in [-0.15, -0.1) is 6.58 Å². The molecule has 0 aliphatic heterocycles. The molecule has 2 heteroatoms. The smallest absolute Gasteiger partial charge is 0.130 e. The quantitative estimate of drug-likeness (QED) is 0.380. The van der Waals surface area contributed by atoms with E-state index in [4.69, 9.17) is 4.74 Å². The second kappa shape index (κ2) is 10.8. The molecule has 0 amide bonds. The van der Waals surface area contributed by atoms with Gasteiger partial charge in [0.2, 0.25) is 0 Å². The summed E-state index contributed by atoms with van der Waals surface area (Å²) in [6.07, 6.45) is 19.9. The molecule has 1 nitrogen and oxygen atoms in total. The molecule has 3 aliphatic rings. The highest BCUT2D eigenvalue weighted by atomic mass is 19.1. The lowest BCUT2D eigenvalue weighted by atomic mass is 9.60. The first-order valence-electron chi connectivity index (χ1n) is 12.8. The summed E-state index contributed by atoms with van der Waals surface area (Å²) in [4.78, 5) is 0. The highest BCUT2D eigenvalue weighted by molar-refractivity contribution is 5.31. The van der Waals surface area contributed by atoms with Gasteiger partial charge >= 0.3 is 0 Å². The van der Waals surface area contributed by atoms with Crippen LogP contribution in [0.4, 0.5) is 4.39 Å². The minimum atomic E-state index is -0.0984. The van der Waals surface area contributed by atoms with Gasteiger partial charge in [-0.2, -0.15) is 0 Å². The number of rotatable bonds is 8. The van der Waals surface area contributed by atoms with Crippen molar-refractivity contribution in [3.63, 3.8) is 0 Å². The van der Waals surface area contributed by atoms with Gasteiger partial charge in [0, 0.05) is 6.07 Å². The predicted octanol–water partition coefficient (Wildman–Crippen LogP) is 8.46. The van der Waals surface area contributed by atoms with Crippen molar-refractivity contribution in [1.29, 1.82) is 0 Å². The van der Waals surface area contributed by atoms with Crippen molar-refractivity contribution in [3.05, 3.63) is 54.9 Å². The molecule has 4 unspecified atom stereocenters. The van der Waals surface area contributed by atoms with E-state index in [0.717, 1.165) is 48.0 Å². The monoisotopic (exact) mass is 424 g/mol. The van der Waals surface area contributed by atoms with Crippen LogP contribution in [0.1, 0.15) is 88.5 Å². The van der Waals surface area contributed by atoms with Crippen LogP contribution in [0.2, 0.25) is 0 Å². The molecule has 4 atom stereocenters. The van der Waals surface area contributed by atoms with E-state index >= 15 is 0 Å². The van der Waals surface area contributed by atoms with E-state index < -0.39 is 0 Å². The van der Waals surface area contributed by atoms with Gasteiger partial charge in [-0.25, -0.2) is 4.39 Å². The summed E-state index contributed by atoms with van der Waals surface area (Å²) < 4.78 is 20.2. The number of hydrogen-bond acceptors (Lipinski definition) is 1. The molecule has 1 aromatic carbocycles. The van der Waals surface area contributed by atoms with E-state index in [9.17, 15) is 4.39 Å². The van der Waals surface area contributed by atoms with Gasteiger partial charge in [-0.3, -0.25) is 0 Å². The van der Waals surface area contributed by atoms with E-state index in [1.54, 1.807) is 12.1 Å². The van der Waals surface area contributed by atoms with Crippen molar-refractivity contribution >= 4 is 0 Å². The van der Waals surface area contributed by atoms with Crippen LogP contribution in [0.25, 0.3) is 0 Å². The van der Waals surface area contributed by atoms with Crippen LogP contribution in [-0.2, 0) is 0 Å². The molecule has 0 bridgehead atoms. The summed E-state index contributed by atoms with van der Waals surface area (Å²) in [6, 6.07) is 5.42. The highest BCUT2D eigenvalue weighted by Gasteiger charge is 2.38.